The van der Waals surface area contributed by atoms with E-state index in [0.717, 1.165) is 11.3 Å². The van der Waals surface area contributed by atoms with Crippen LogP contribution in [0.1, 0.15) is 18.9 Å². The molecule has 2 unspecified atom stereocenters. The van der Waals surface area contributed by atoms with Crippen molar-refractivity contribution in [2.24, 2.45) is 5.92 Å². The second-order valence-electron chi connectivity index (χ2n) is 4.84. The first-order valence-corrected chi connectivity index (χ1v) is 6.22. The zero-order chi connectivity index (χ0) is 13.4. The highest BCUT2D eigenvalue weighted by Crippen LogP contribution is 2.34. The lowest BCUT2D eigenvalue weighted by molar-refractivity contribution is -0.141. The number of esters is 1. The fourth-order valence-electron chi connectivity index (χ4n) is 2.50. The van der Waals surface area contributed by atoms with Crippen LogP contribution in [0.25, 0.3) is 0 Å². The fourth-order valence-corrected chi connectivity index (χ4v) is 2.50. The van der Waals surface area contributed by atoms with Gasteiger partial charge in [0.25, 0.3) is 0 Å². The van der Waals surface area contributed by atoms with Gasteiger partial charge in [0.15, 0.2) is 11.5 Å². The third kappa shape index (κ3) is 2.28. The van der Waals surface area contributed by atoms with Crippen molar-refractivity contribution in [2.45, 2.75) is 25.9 Å². The molecule has 1 aromatic carbocycles. The number of Topliss-reactive ketones (excluding diaryl/α,β-unsaturated/α-hetero) is 1. The summed E-state index contributed by atoms with van der Waals surface area (Å²) in [5, 5.41) is 0. The molecule has 2 atom stereocenters. The maximum absolute atomic E-state index is 11.5. The predicted octanol–water partition coefficient (Wildman–Crippen LogP) is 1.48. The number of hydrogen-bond acceptors (Lipinski definition) is 5. The van der Waals surface area contributed by atoms with Crippen molar-refractivity contribution >= 4 is 11.8 Å². The summed E-state index contributed by atoms with van der Waals surface area (Å²) in [5.41, 5.74) is 0.968. The summed E-state index contributed by atoms with van der Waals surface area (Å²) in [6.07, 6.45) is 0.336. The second kappa shape index (κ2) is 4.57. The second-order valence-corrected chi connectivity index (χ2v) is 4.84. The molecule has 2 aliphatic rings. The van der Waals surface area contributed by atoms with E-state index in [9.17, 15) is 9.59 Å². The molecule has 2 heterocycles. The molecule has 0 spiro atoms. The van der Waals surface area contributed by atoms with Gasteiger partial charge in [-0.3, -0.25) is 9.59 Å². The highest BCUT2D eigenvalue weighted by atomic mass is 16.7. The van der Waals surface area contributed by atoms with Crippen molar-refractivity contribution in [2.75, 3.05) is 6.79 Å². The molecule has 5 nitrogen and oxygen atoms in total. The van der Waals surface area contributed by atoms with Crippen molar-refractivity contribution in [1.29, 1.82) is 0 Å². The van der Waals surface area contributed by atoms with Gasteiger partial charge in [0, 0.05) is 6.42 Å². The molecule has 1 saturated heterocycles. The minimum absolute atomic E-state index is 0.00315. The minimum atomic E-state index is -0.370. The molecule has 5 heteroatoms. The van der Waals surface area contributed by atoms with Crippen LogP contribution in [0.2, 0.25) is 0 Å². The zero-order valence-electron chi connectivity index (χ0n) is 10.5. The number of rotatable bonds is 3. The smallest absolute Gasteiger partial charge is 0.306 e. The maximum atomic E-state index is 11.5. The van der Waals surface area contributed by atoms with E-state index in [0.29, 0.717) is 12.2 Å². The van der Waals surface area contributed by atoms with Crippen molar-refractivity contribution in [3.05, 3.63) is 23.8 Å². The zero-order valence-corrected chi connectivity index (χ0v) is 10.5. The Morgan fingerprint density at radius 1 is 1.32 bits per heavy atom. The number of cyclic esters (lactones) is 1. The Kier molecular flexibility index (Phi) is 2.89. The highest BCUT2D eigenvalue weighted by Gasteiger charge is 2.37. The lowest BCUT2D eigenvalue weighted by atomic mass is 9.92. The van der Waals surface area contributed by atoms with Gasteiger partial charge in [-0.25, -0.2) is 0 Å². The van der Waals surface area contributed by atoms with Crippen LogP contribution in [0.5, 0.6) is 11.5 Å². The Morgan fingerprint density at radius 2 is 2.11 bits per heavy atom. The molecule has 0 N–H and O–H groups in total. The molecular formula is C14H14O5. The van der Waals surface area contributed by atoms with E-state index in [1.54, 1.807) is 0 Å². The predicted molar refractivity (Wildman–Crippen MR) is 64.9 cm³/mol. The van der Waals surface area contributed by atoms with E-state index in [4.69, 9.17) is 14.2 Å². The summed E-state index contributed by atoms with van der Waals surface area (Å²) in [7, 11) is 0. The first kappa shape index (κ1) is 12.0. The van der Waals surface area contributed by atoms with Gasteiger partial charge in [0.2, 0.25) is 6.79 Å². The largest absolute Gasteiger partial charge is 0.461 e. The van der Waals surface area contributed by atoms with Gasteiger partial charge in [-0.15, -0.1) is 0 Å². The lowest BCUT2D eigenvalue weighted by Crippen LogP contribution is -2.24. The summed E-state index contributed by atoms with van der Waals surface area (Å²) >= 11 is 0. The summed E-state index contributed by atoms with van der Waals surface area (Å²) in [4.78, 5) is 22.8. The first-order chi connectivity index (χ1) is 9.13. The van der Waals surface area contributed by atoms with Crippen LogP contribution in [0.4, 0.5) is 0 Å². The number of ketones is 1. The molecule has 0 radical (unpaired) electrons. The van der Waals surface area contributed by atoms with Crippen LogP contribution in [-0.2, 0) is 20.7 Å². The first-order valence-electron chi connectivity index (χ1n) is 6.22. The molecule has 1 aromatic rings. The number of benzene rings is 1. The normalized spacial score (nSPS) is 24.4. The molecule has 0 aliphatic carbocycles. The van der Waals surface area contributed by atoms with Crippen molar-refractivity contribution in [3.8, 4) is 11.5 Å². The maximum Gasteiger partial charge on any atom is 0.306 e. The summed E-state index contributed by atoms with van der Waals surface area (Å²) < 4.78 is 15.8. The van der Waals surface area contributed by atoms with Crippen molar-refractivity contribution in [1.82, 2.24) is 0 Å². The van der Waals surface area contributed by atoms with Gasteiger partial charge in [0.05, 0.1) is 12.3 Å². The molecule has 2 aliphatic heterocycles. The van der Waals surface area contributed by atoms with Gasteiger partial charge < -0.3 is 14.2 Å². The average Bonchev–Trinajstić information content (AvgIpc) is 2.95. The number of ether oxygens (including phenoxy) is 3. The lowest BCUT2D eigenvalue weighted by Gasteiger charge is -2.15. The van der Waals surface area contributed by atoms with Gasteiger partial charge >= 0.3 is 5.97 Å². The molecule has 3 rings (SSSR count). The van der Waals surface area contributed by atoms with Gasteiger partial charge in [-0.2, -0.15) is 0 Å². The van der Waals surface area contributed by atoms with Crippen LogP contribution >= 0.6 is 0 Å². The number of hydrogen-bond donors (Lipinski definition) is 0. The Morgan fingerprint density at radius 3 is 2.89 bits per heavy atom. The molecule has 0 aromatic heterocycles. The highest BCUT2D eigenvalue weighted by molar-refractivity contribution is 5.86. The number of carbonyl (C=O) groups excluding carboxylic acids is 2. The quantitative estimate of drug-likeness (QED) is 0.772. The fraction of sp³-hybridized carbons (Fsp3) is 0.429. The van der Waals surface area contributed by atoms with Gasteiger partial charge in [-0.05, 0) is 24.6 Å². The van der Waals surface area contributed by atoms with Crippen LogP contribution < -0.4 is 9.47 Å². The molecule has 0 amide bonds. The third-order valence-electron chi connectivity index (χ3n) is 3.51. The van der Waals surface area contributed by atoms with Crippen molar-refractivity contribution < 1.29 is 23.8 Å². The van der Waals surface area contributed by atoms with Crippen molar-refractivity contribution in [3.63, 3.8) is 0 Å². The molecule has 19 heavy (non-hydrogen) atoms. The molecular weight excluding hydrogens is 248 g/mol. The molecule has 0 bridgehead atoms. The Balaban J connectivity index is 1.77. The molecule has 1 fully saturated rings. The van der Waals surface area contributed by atoms with E-state index in [1.165, 1.54) is 6.92 Å². The topological polar surface area (TPSA) is 61.8 Å². The molecule has 100 valence electrons. The van der Waals surface area contributed by atoms with Gasteiger partial charge in [-0.1, -0.05) is 6.07 Å². The monoisotopic (exact) mass is 262 g/mol. The summed E-state index contributed by atoms with van der Waals surface area (Å²) in [6.45, 7) is 1.73. The Bertz CT molecular complexity index is 537. The van der Waals surface area contributed by atoms with Crippen LogP contribution in [0.15, 0.2) is 18.2 Å². The van der Waals surface area contributed by atoms with Gasteiger partial charge in [0.1, 0.15) is 11.9 Å². The van der Waals surface area contributed by atoms with Crippen LogP contribution in [0.3, 0.4) is 0 Å². The van der Waals surface area contributed by atoms with E-state index in [-0.39, 0.29) is 37.0 Å². The average molecular weight is 262 g/mol. The number of fused-ring (bicyclic) bond motifs is 1. The summed E-state index contributed by atoms with van der Waals surface area (Å²) in [5.74, 6) is 0.775. The Hall–Kier alpha value is -2.04. The van der Waals surface area contributed by atoms with E-state index in [2.05, 4.69) is 0 Å². The number of carbonyl (C=O) groups is 2. The van der Waals surface area contributed by atoms with E-state index < -0.39 is 0 Å². The van der Waals surface area contributed by atoms with E-state index in [1.807, 2.05) is 18.2 Å². The van der Waals surface area contributed by atoms with Crippen LogP contribution in [-0.4, -0.2) is 24.6 Å². The summed E-state index contributed by atoms with van der Waals surface area (Å²) in [6, 6.07) is 5.60. The molecule has 0 saturated carbocycles. The Labute approximate surface area is 110 Å². The van der Waals surface area contributed by atoms with E-state index >= 15 is 0 Å². The minimum Gasteiger partial charge on any atom is -0.461 e. The van der Waals surface area contributed by atoms with Crippen LogP contribution in [0, 0.1) is 5.92 Å². The SMILES string of the molecule is CC(=O)C1CC(=O)OC1Cc1ccc2c(c1)OCO2. The standard InChI is InChI=1S/C14H14O5/c1-8(15)10-6-14(16)19-12(10)4-9-2-3-11-13(5-9)18-7-17-11/h2-3,5,10,12H,4,6-7H2,1H3. The third-order valence-corrected chi connectivity index (χ3v) is 3.51.